The second-order valence-corrected chi connectivity index (χ2v) is 7.45. The molecule has 0 fully saturated rings. The van der Waals surface area contributed by atoms with Gasteiger partial charge in [-0.05, 0) is 18.1 Å². The molecule has 0 spiro atoms. The van der Waals surface area contributed by atoms with Crippen LogP contribution in [0.4, 0.5) is 10.5 Å². The van der Waals surface area contributed by atoms with Gasteiger partial charge < -0.3 is 10.2 Å². The first kappa shape index (κ1) is 16.8. The van der Waals surface area contributed by atoms with Gasteiger partial charge in [-0.2, -0.15) is 0 Å². The van der Waals surface area contributed by atoms with Gasteiger partial charge in [-0.15, -0.1) is 11.3 Å². The predicted octanol–water partition coefficient (Wildman–Crippen LogP) is 4.96. The van der Waals surface area contributed by atoms with Gasteiger partial charge in [-0.1, -0.05) is 55.5 Å². The molecule has 3 aromatic rings. The summed E-state index contributed by atoms with van der Waals surface area (Å²) in [5.41, 5.74) is 4.33. The Morgan fingerprint density at radius 1 is 1.15 bits per heavy atom. The fourth-order valence-corrected chi connectivity index (χ4v) is 4.35. The first-order chi connectivity index (χ1) is 12.7. The molecule has 4 rings (SSSR count). The van der Waals surface area contributed by atoms with E-state index in [1.165, 1.54) is 4.88 Å². The number of carbonyl (C=O) groups excluding carboxylic acids is 1. The number of amides is 2. The SMILES string of the molecule is CCc1ccccc1NC(=O)N1CCc2nc(-c3ccccc3)sc2C1. The summed E-state index contributed by atoms with van der Waals surface area (Å²) in [5.74, 6) is 0. The summed E-state index contributed by atoms with van der Waals surface area (Å²) in [4.78, 5) is 20.6. The Morgan fingerprint density at radius 3 is 2.73 bits per heavy atom. The summed E-state index contributed by atoms with van der Waals surface area (Å²) in [5, 5.41) is 4.11. The first-order valence-electron chi connectivity index (χ1n) is 8.92. The third-order valence-corrected chi connectivity index (χ3v) is 5.81. The van der Waals surface area contributed by atoms with E-state index >= 15 is 0 Å². The zero-order chi connectivity index (χ0) is 17.9. The Bertz CT molecular complexity index is 920. The average Bonchev–Trinajstić information content (AvgIpc) is 3.12. The third-order valence-electron chi connectivity index (χ3n) is 4.68. The molecule has 5 heteroatoms. The van der Waals surface area contributed by atoms with Crippen molar-refractivity contribution in [3.8, 4) is 10.6 Å². The lowest BCUT2D eigenvalue weighted by Gasteiger charge is -2.26. The van der Waals surface area contributed by atoms with E-state index in [0.29, 0.717) is 13.1 Å². The van der Waals surface area contributed by atoms with Gasteiger partial charge in [0.2, 0.25) is 0 Å². The second-order valence-electron chi connectivity index (χ2n) is 6.37. The van der Waals surface area contributed by atoms with E-state index in [-0.39, 0.29) is 6.03 Å². The van der Waals surface area contributed by atoms with Crippen LogP contribution >= 0.6 is 11.3 Å². The van der Waals surface area contributed by atoms with E-state index in [4.69, 9.17) is 4.98 Å². The predicted molar refractivity (Wildman–Crippen MR) is 107 cm³/mol. The highest BCUT2D eigenvalue weighted by atomic mass is 32.1. The van der Waals surface area contributed by atoms with Crippen LogP contribution in [-0.2, 0) is 19.4 Å². The maximum Gasteiger partial charge on any atom is 0.322 e. The van der Waals surface area contributed by atoms with E-state index in [2.05, 4.69) is 30.4 Å². The van der Waals surface area contributed by atoms with Crippen LogP contribution in [0, 0.1) is 0 Å². The zero-order valence-electron chi connectivity index (χ0n) is 14.7. The summed E-state index contributed by atoms with van der Waals surface area (Å²) < 4.78 is 0. The number of anilines is 1. The largest absolute Gasteiger partial charge is 0.322 e. The Hall–Kier alpha value is -2.66. The number of fused-ring (bicyclic) bond motifs is 1. The number of aromatic nitrogens is 1. The molecule has 0 aliphatic carbocycles. The molecule has 4 nitrogen and oxygen atoms in total. The van der Waals surface area contributed by atoms with Crippen LogP contribution in [0.5, 0.6) is 0 Å². The van der Waals surface area contributed by atoms with E-state index in [0.717, 1.165) is 40.4 Å². The van der Waals surface area contributed by atoms with Gasteiger partial charge in [0, 0.05) is 29.1 Å². The van der Waals surface area contributed by atoms with Crippen LogP contribution < -0.4 is 5.32 Å². The molecule has 2 amide bonds. The van der Waals surface area contributed by atoms with Crippen LogP contribution in [0.25, 0.3) is 10.6 Å². The van der Waals surface area contributed by atoms with Crippen molar-refractivity contribution in [1.29, 1.82) is 0 Å². The highest BCUT2D eigenvalue weighted by Crippen LogP contribution is 2.31. The minimum atomic E-state index is -0.0359. The molecule has 1 aliphatic rings. The molecule has 0 radical (unpaired) electrons. The Labute approximate surface area is 157 Å². The van der Waals surface area contributed by atoms with Crippen molar-refractivity contribution in [2.45, 2.75) is 26.3 Å². The number of urea groups is 1. The molecule has 1 aromatic heterocycles. The van der Waals surface area contributed by atoms with Crippen molar-refractivity contribution in [3.05, 3.63) is 70.7 Å². The standard InChI is InChI=1S/C21H21N3OS/c1-2-15-8-6-7-11-17(15)23-21(25)24-13-12-18-19(14-24)26-20(22-18)16-9-4-3-5-10-16/h3-11H,2,12-14H2,1H3,(H,23,25). The maximum absolute atomic E-state index is 12.7. The summed E-state index contributed by atoms with van der Waals surface area (Å²) in [7, 11) is 0. The van der Waals surface area contributed by atoms with Crippen molar-refractivity contribution in [1.82, 2.24) is 9.88 Å². The molecular weight excluding hydrogens is 342 g/mol. The van der Waals surface area contributed by atoms with Crippen LogP contribution in [0.1, 0.15) is 23.1 Å². The molecule has 2 aromatic carbocycles. The first-order valence-corrected chi connectivity index (χ1v) is 9.74. The van der Waals surface area contributed by atoms with Gasteiger partial charge in [0.05, 0.1) is 12.2 Å². The van der Waals surface area contributed by atoms with Crippen LogP contribution in [0.3, 0.4) is 0 Å². The van der Waals surface area contributed by atoms with E-state index < -0.39 is 0 Å². The number of aryl methyl sites for hydroxylation is 1. The minimum absolute atomic E-state index is 0.0359. The van der Waals surface area contributed by atoms with Gasteiger partial charge in [0.1, 0.15) is 5.01 Å². The van der Waals surface area contributed by atoms with Crippen LogP contribution in [-0.4, -0.2) is 22.5 Å². The number of benzene rings is 2. The normalized spacial score (nSPS) is 13.3. The lowest BCUT2D eigenvalue weighted by Crippen LogP contribution is -2.38. The number of hydrogen-bond donors (Lipinski definition) is 1. The zero-order valence-corrected chi connectivity index (χ0v) is 15.6. The summed E-state index contributed by atoms with van der Waals surface area (Å²) in [6, 6.07) is 18.2. The Balaban J connectivity index is 1.50. The quantitative estimate of drug-likeness (QED) is 0.714. The second kappa shape index (κ2) is 7.30. The number of carbonyl (C=O) groups is 1. The van der Waals surface area contributed by atoms with Gasteiger partial charge in [-0.25, -0.2) is 9.78 Å². The van der Waals surface area contributed by atoms with Crippen LogP contribution in [0.15, 0.2) is 54.6 Å². The van der Waals surface area contributed by atoms with E-state index in [1.54, 1.807) is 11.3 Å². The third kappa shape index (κ3) is 3.35. The molecule has 0 unspecified atom stereocenters. The minimum Gasteiger partial charge on any atom is -0.319 e. The molecule has 0 bridgehead atoms. The van der Waals surface area contributed by atoms with E-state index in [1.807, 2.05) is 41.3 Å². The van der Waals surface area contributed by atoms with Crippen molar-refractivity contribution >= 4 is 23.1 Å². The van der Waals surface area contributed by atoms with Gasteiger partial charge in [0.15, 0.2) is 0 Å². The van der Waals surface area contributed by atoms with Gasteiger partial charge in [-0.3, -0.25) is 0 Å². The number of hydrogen-bond acceptors (Lipinski definition) is 3. The summed E-state index contributed by atoms with van der Waals surface area (Å²) >= 11 is 1.69. The number of thiazole rings is 1. The maximum atomic E-state index is 12.7. The lowest BCUT2D eigenvalue weighted by molar-refractivity contribution is 0.207. The Morgan fingerprint density at radius 2 is 1.92 bits per heavy atom. The molecule has 0 atom stereocenters. The van der Waals surface area contributed by atoms with Crippen LogP contribution in [0.2, 0.25) is 0 Å². The number of nitrogens with one attached hydrogen (secondary N) is 1. The molecule has 1 N–H and O–H groups in total. The van der Waals surface area contributed by atoms with Gasteiger partial charge in [0.25, 0.3) is 0 Å². The molecule has 0 saturated carbocycles. The topological polar surface area (TPSA) is 45.2 Å². The highest BCUT2D eigenvalue weighted by Gasteiger charge is 2.24. The lowest BCUT2D eigenvalue weighted by atomic mass is 10.1. The number of nitrogens with zero attached hydrogens (tertiary/aromatic N) is 2. The average molecular weight is 363 g/mol. The highest BCUT2D eigenvalue weighted by molar-refractivity contribution is 7.15. The number of rotatable bonds is 3. The van der Waals surface area contributed by atoms with Crippen molar-refractivity contribution in [2.75, 3.05) is 11.9 Å². The molecule has 1 aliphatic heterocycles. The molecular formula is C21H21N3OS. The Kier molecular flexibility index (Phi) is 4.71. The fourth-order valence-electron chi connectivity index (χ4n) is 3.22. The summed E-state index contributed by atoms with van der Waals surface area (Å²) in [6.07, 6.45) is 1.71. The van der Waals surface area contributed by atoms with Crippen molar-refractivity contribution in [2.24, 2.45) is 0 Å². The molecule has 0 saturated heterocycles. The van der Waals surface area contributed by atoms with Gasteiger partial charge >= 0.3 is 6.03 Å². The number of para-hydroxylation sites is 1. The molecule has 2 heterocycles. The van der Waals surface area contributed by atoms with Crippen molar-refractivity contribution in [3.63, 3.8) is 0 Å². The smallest absolute Gasteiger partial charge is 0.319 e. The molecule has 26 heavy (non-hydrogen) atoms. The van der Waals surface area contributed by atoms with E-state index in [9.17, 15) is 4.79 Å². The monoisotopic (exact) mass is 363 g/mol. The fraction of sp³-hybridized carbons (Fsp3) is 0.238. The summed E-state index contributed by atoms with van der Waals surface area (Å²) in [6.45, 7) is 3.42. The van der Waals surface area contributed by atoms with Crippen molar-refractivity contribution < 1.29 is 4.79 Å². The molecule has 132 valence electrons.